The minimum Gasteiger partial charge on any atom is -0.495 e. The highest BCUT2D eigenvalue weighted by Crippen LogP contribution is 2.32. The number of ether oxygens (including phenoxy) is 1. The van der Waals surface area contributed by atoms with Crippen LogP contribution < -0.4 is 10.1 Å². The van der Waals surface area contributed by atoms with Crippen LogP contribution in [0.3, 0.4) is 0 Å². The van der Waals surface area contributed by atoms with Gasteiger partial charge in [0.25, 0.3) is 0 Å². The molecule has 15 heavy (non-hydrogen) atoms. The molecule has 0 aromatic heterocycles. The minimum absolute atomic E-state index is 0.648. The number of nitrogens with one attached hydrogen (secondary N) is 1. The topological polar surface area (TPSA) is 45.0 Å². The SMILES string of the molecule is COc1cccc(C#N)c1NCC1CC1. The molecule has 3 heteroatoms. The lowest BCUT2D eigenvalue weighted by Gasteiger charge is -2.11. The number of rotatable bonds is 4. The Balaban J connectivity index is 2.19. The zero-order valence-corrected chi connectivity index (χ0v) is 8.79. The van der Waals surface area contributed by atoms with Gasteiger partial charge in [-0.25, -0.2) is 0 Å². The third kappa shape index (κ3) is 2.21. The average Bonchev–Trinajstić information content (AvgIpc) is 3.09. The zero-order chi connectivity index (χ0) is 10.7. The fourth-order valence-corrected chi connectivity index (χ4v) is 1.55. The summed E-state index contributed by atoms with van der Waals surface area (Å²) in [6.07, 6.45) is 2.59. The van der Waals surface area contributed by atoms with Crippen LogP contribution in [0.2, 0.25) is 0 Å². The van der Waals surface area contributed by atoms with E-state index in [2.05, 4.69) is 11.4 Å². The molecule has 1 aromatic rings. The molecule has 1 aliphatic carbocycles. The van der Waals surface area contributed by atoms with Gasteiger partial charge in [0.1, 0.15) is 11.8 Å². The van der Waals surface area contributed by atoms with Crippen molar-refractivity contribution in [2.75, 3.05) is 19.0 Å². The first-order valence-electron chi connectivity index (χ1n) is 5.16. The molecular formula is C12H14N2O. The maximum Gasteiger partial charge on any atom is 0.143 e. The standard InChI is InChI=1S/C12H14N2O/c1-15-11-4-2-3-10(7-13)12(11)14-8-9-5-6-9/h2-4,9,14H,5-6,8H2,1H3. The molecule has 1 fully saturated rings. The highest BCUT2D eigenvalue weighted by molar-refractivity contribution is 5.66. The van der Waals surface area contributed by atoms with Crippen LogP contribution in [0, 0.1) is 17.2 Å². The van der Waals surface area contributed by atoms with Gasteiger partial charge in [-0.1, -0.05) is 6.07 Å². The number of methoxy groups -OCH3 is 1. The Morgan fingerprint density at radius 1 is 1.53 bits per heavy atom. The van der Waals surface area contributed by atoms with Crippen LogP contribution >= 0.6 is 0 Å². The Morgan fingerprint density at radius 2 is 2.33 bits per heavy atom. The summed E-state index contributed by atoms with van der Waals surface area (Å²) in [5.41, 5.74) is 1.48. The first-order valence-corrected chi connectivity index (χ1v) is 5.16. The fourth-order valence-electron chi connectivity index (χ4n) is 1.55. The quantitative estimate of drug-likeness (QED) is 0.815. The van der Waals surface area contributed by atoms with Crippen LogP contribution in [0.25, 0.3) is 0 Å². The fraction of sp³-hybridized carbons (Fsp3) is 0.417. The van der Waals surface area contributed by atoms with Crippen molar-refractivity contribution in [3.8, 4) is 11.8 Å². The second-order valence-electron chi connectivity index (χ2n) is 3.82. The van der Waals surface area contributed by atoms with Crippen LogP contribution in [-0.2, 0) is 0 Å². The van der Waals surface area contributed by atoms with Crippen molar-refractivity contribution in [3.05, 3.63) is 23.8 Å². The summed E-state index contributed by atoms with van der Waals surface area (Å²) in [4.78, 5) is 0. The van der Waals surface area contributed by atoms with Crippen molar-refractivity contribution in [1.82, 2.24) is 0 Å². The maximum absolute atomic E-state index is 8.97. The second kappa shape index (κ2) is 4.22. The van der Waals surface area contributed by atoms with E-state index < -0.39 is 0 Å². The van der Waals surface area contributed by atoms with E-state index >= 15 is 0 Å². The van der Waals surface area contributed by atoms with Crippen molar-refractivity contribution in [1.29, 1.82) is 5.26 Å². The van der Waals surface area contributed by atoms with Crippen molar-refractivity contribution < 1.29 is 4.74 Å². The highest BCUT2D eigenvalue weighted by atomic mass is 16.5. The third-order valence-electron chi connectivity index (χ3n) is 2.63. The molecule has 1 N–H and O–H groups in total. The first-order chi connectivity index (χ1) is 7.35. The third-order valence-corrected chi connectivity index (χ3v) is 2.63. The molecule has 0 spiro atoms. The summed E-state index contributed by atoms with van der Waals surface area (Å²) in [6.45, 7) is 0.940. The predicted molar refractivity (Wildman–Crippen MR) is 58.9 cm³/mol. The van der Waals surface area contributed by atoms with Crippen LogP contribution in [0.1, 0.15) is 18.4 Å². The number of para-hydroxylation sites is 1. The van der Waals surface area contributed by atoms with Crippen LogP contribution in [0.4, 0.5) is 5.69 Å². The first kappa shape index (κ1) is 9.85. The number of hydrogen-bond donors (Lipinski definition) is 1. The van der Waals surface area contributed by atoms with Gasteiger partial charge in [0, 0.05) is 6.54 Å². The molecule has 1 aromatic carbocycles. The summed E-state index contributed by atoms with van der Waals surface area (Å²) < 4.78 is 5.23. The number of anilines is 1. The van der Waals surface area contributed by atoms with Gasteiger partial charge >= 0.3 is 0 Å². The van der Waals surface area contributed by atoms with Crippen LogP contribution in [0.15, 0.2) is 18.2 Å². The molecule has 0 radical (unpaired) electrons. The maximum atomic E-state index is 8.97. The molecule has 0 unspecified atom stereocenters. The van der Waals surface area contributed by atoms with E-state index in [0.717, 1.165) is 23.9 Å². The smallest absolute Gasteiger partial charge is 0.143 e. The van der Waals surface area contributed by atoms with Gasteiger partial charge in [0.15, 0.2) is 0 Å². The molecular weight excluding hydrogens is 188 g/mol. The molecule has 3 nitrogen and oxygen atoms in total. The lowest BCUT2D eigenvalue weighted by atomic mass is 10.1. The summed E-state index contributed by atoms with van der Waals surface area (Å²) in [7, 11) is 1.62. The molecule has 0 saturated heterocycles. The van der Waals surface area contributed by atoms with Crippen molar-refractivity contribution in [2.45, 2.75) is 12.8 Å². The van der Waals surface area contributed by atoms with E-state index in [1.165, 1.54) is 12.8 Å². The molecule has 1 aliphatic rings. The zero-order valence-electron chi connectivity index (χ0n) is 8.79. The lowest BCUT2D eigenvalue weighted by Crippen LogP contribution is -2.06. The van der Waals surface area contributed by atoms with Crippen molar-refractivity contribution >= 4 is 5.69 Å². The monoisotopic (exact) mass is 202 g/mol. The Kier molecular flexibility index (Phi) is 2.77. The van der Waals surface area contributed by atoms with Gasteiger partial charge < -0.3 is 10.1 Å². The van der Waals surface area contributed by atoms with Gasteiger partial charge in [0.05, 0.1) is 18.4 Å². The molecule has 78 valence electrons. The Morgan fingerprint density at radius 3 is 2.93 bits per heavy atom. The second-order valence-corrected chi connectivity index (χ2v) is 3.82. The largest absolute Gasteiger partial charge is 0.495 e. The number of benzene rings is 1. The average molecular weight is 202 g/mol. The summed E-state index contributed by atoms with van der Waals surface area (Å²) in [5.74, 6) is 1.52. The van der Waals surface area contributed by atoms with Gasteiger partial charge in [-0.15, -0.1) is 0 Å². The van der Waals surface area contributed by atoms with E-state index in [1.807, 2.05) is 12.1 Å². The number of hydrogen-bond acceptors (Lipinski definition) is 3. The molecule has 1 saturated carbocycles. The van der Waals surface area contributed by atoms with Gasteiger partial charge in [-0.3, -0.25) is 0 Å². The van der Waals surface area contributed by atoms with Gasteiger partial charge in [-0.2, -0.15) is 5.26 Å². The minimum atomic E-state index is 0.648. The molecule has 0 heterocycles. The highest BCUT2D eigenvalue weighted by Gasteiger charge is 2.21. The normalized spacial score (nSPS) is 14.4. The Bertz CT molecular complexity index is 391. The molecule has 0 amide bonds. The number of nitriles is 1. The molecule has 0 aliphatic heterocycles. The lowest BCUT2D eigenvalue weighted by molar-refractivity contribution is 0.416. The van der Waals surface area contributed by atoms with E-state index in [4.69, 9.17) is 10.00 Å². The molecule has 0 atom stereocenters. The summed E-state index contributed by atoms with van der Waals surface area (Å²) in [5, 5.41) is 12.3. The molecule has 0 bridgehead atoms. The van der Waals surface area contributed by atoms with Crippen LogP contribution in [-0.4, -0.2) is 13.7 Å². The molecule has 2 rings (SSSR count). The Hall–Kier alpha value is -1.69. The van der Waals surface area contributed by atoms with Gasteiger partial charge in [0.2, 0.25) is 0 Å². The Labute approximate surface area is 89.7 Å². The van der Waals surface area contributed by atoms with E-state index in [9.17, 15) is 0 Å². The summed E-state index contributed by atoms with van der Waals surface area (Å²) >= 11 is 0. The van der Waals surface area contributed by atoms with Crippen molar-refractivity contribution in [2.24, 2.45) is 5.92 Å². The van der Waals surface area contributed by atoms with Gasteiger partial charge in [-0.05, 0) is 30.9 Å². The van der Waals surface area contributed by atoms with Crippen LogP contribution in [0.5, 0.6) is 5.75 Å². The van der Waals surface area contributed by atoms with E-state index in [0.29, 0.717) is 5.56 Å². The predicted octanol–water partition coefficient (Wildman–Crippen LogP) is 2.39. The number of nitrogens with zero attached hydrogens (tertiary/aromatic N) is 1. The summed E-state index contributed by atoms with van der Waals surface area (Å²) in [6, 6.07) is 7.68. The van der Waals surface area contributed by atoms with E-state index in [-0.39, 0.29) is 0 Å². The van der Waals surface area contributed by atoms with E-state index in [1.54, 1.807) is 13.2 Å². The van der Waals surface area contributed by atoms with Crippen molar-refractivity contribution in [3.63, 3.8) is 0 Å².